The lowest BCUT2D eigenvalue weighted by Gasteiger charge is -2.12. The van der Waals surface area contributed by atoms with E-state index in [0.717, 1.165) is 13.0 Å². The molecule has 122 valence electrons. The first-order valence-electron chi connectivity index (χ1n) is 7.07. The maximum Gasteiger partial charge on any atom is 0.242 e. The molecule has 0 aliphatic carbocycles. The van der Waals surface area contributed by atoms with Crippen LogP contribution in [0.25, 0.3) is 0 Å². The fourth-order valence-corrected chi connectivity index (χ4v) is 1.85. The molecule has 0 heterocycles. The summed E-state index contributed by atoms with van der Waals surface area (Å²) < 4.78 is 18.3. The maximum atomic E-state index is 13.5. The van der Waals surface area contributed by atoms with Crippen LogP contribution in [-0.2, 0) is 11.2 Å². The predicted molar refractivity (Wildman–Crippen MR) is 88.0 cm³/mol. The highest BCUT2D eigenvalue weighted by Crippen LogP contribution is 2.17. The van der Waals surface area contributed by atoms with E-state index in [2.05, 4.69) is 30.0 Å². The number of hydrogen-bond donors (Lipinski definition) is 3. The van der Waals surface area contributed by atoms with Crippen LogP contribution < -0.4 is 20.9 Å². The van der Waals surface area contributed by atoms with Gasteiger partial charge in [0.25, 0.3) is 0 Å². The first kappa shape index (κ1) is 18.2. The standard InChI is InChI=1S/C15H22FN3O2S/c1-10(2)6-7-17-15(22)19-18-14(20)9-11-4-5-13(21-3)12(16)8-11/h4-5,8,10H,6-7,9H2,1-3H3,(H,18,20)(H2,17,19,22). The normalized spacial score (nSPS) is 10.2. The van der Waals surface area contributed by atoms with E-state index in [1.54, 1.807) is 6.07 Å². The Labute approximate surface area is 135 Å². The molecule has 1 aromatic carbocycles. The van der Waals surface area contributed by atoms with Gasteiger partial charge < -0.3 is 10.1 Å². The molecule has 0 bridgehead atoms. The van der Waals surface area contributed by atoms with Crippen LogP contribution in [-0.4, -0.2) is 24.7 Å². The number of rotatable bonds is 6. The Hall–Kier alpha value is -1.89. The van der Waals surface area contributed by atoms with Gasteiger partial charge in [0.1, 0.15) is 0 Å². The zero-order chi connectivity index (χ0) is 16.5. The molecule has 0 saturated carbocycles. The molecule has 0 spiro atoms. The first-order valence-corrected chi connectivity index (χ1v) is 7.48. The van der Waals surface area contributed by atoms with Gasteiger partial charge in [0.05, 0.1) is 13.5 Å². The number of carbonyl (C=O) groups excluding carboxylic acids is 1. The van der Waals surface area contributed by atoms with Crippen LogP contribution in [0.15, 0.2) is 18.2 Å². The minimum atomic E-state index is -0.494. The molecule has 1 rings (SSSR count). The zero-order valence-electron chi connectivity index (χ0n) is 13.0. The summed E-state index contributed by atoms with van der Waals surface area (Å²) in [5, 5.41) is 3.34. The molecule has 0 saturated heterocycles. The van der Waals surface area contributed by atoms with E-state index >= 15 is 0 Å². The van der Waals surface area contributed by atoms with Crippen molar-refractivity contribution in [1.29, 1.82) is 0 Å². The maximum absolute atomic E-state index is 13.5. The highest BCUT2D eigenvalue weighted by molar-refractivity contribution is 7.80. The summed E-state index contributed by atoms with van der Waals surface area (Å²) in [7, 11) is 1.39. The van der Waals surface area contributed by atoms with Crippen LogP contribution >= 0.6 is 12.2 Å². The average molecular weight is 327 g/mol. The van der Waals surface area contributed by atoms with E-state index in [0.29, 0.717) is 16.6 Å². The molecule has 0 unspecified atom stereocenters. The first-order chi connectivity index (χ1) is 10.4. The van der Waals surface area contributed by atoms with Crippen LogP contribution in [0, 0.1) is 11.7 Å². The summed E-state index contributed by atoms with van der Waals surface area (Å²) in [4.78, 5) is 11.7. The summed E-state index contributed by atoms with van der Waals surface area (Å²) in [5.74, 6) is -0.0723. The molecule has 0 aromatic heterocycles. The van der Waals surface area contributed by atoms with Crippen LogP contribution in [0.1, 0.15) is 25.8 Å². The van der Waals surface area contributed by atoms with Gasteiger partial charge in [0.15, 0.2) is 16.7 Å². The lowest BCUT2D eigenvalue weighted by atomic mass is 10.1. The van der Waals surface area contributed by atoms with Crippen LogP contribution in [0.5, 0.6) is 5.75 Å². The van der Waals surface area contributed by atoms with Crippen molar-refractivity contribution in [3.05, 3.63) is 29.6 Å². The molecule has 1 amide bonds. The van der Waals surface area contributed by atoms with Gasteiger partial charge >= 0.3 is 0 Å². The van der Waals surface area contributed by atoms with Crippen molar-refractivity contribution in [2.45, 2.75) is 26.7 Å². The Morgan fingerprint density at radius 3 is 2.68 bits per heavy atom. The molecule has 5 nitrogen and oxygen atoms in total. The third kappa shape index (κ3) is 6.71. The van der Waals surface area contributed by atoms with E-state index in [9.17, 15) is 9.18 Å². The zero-order valence-corrected chi connectivity index (χ0v) is 13.8. The number of hydrogen-bond acceptors (Lipinski definition) is 3. The molecule has 0 aliphatic rings. The van der Waals surface area contributed by atoms with E-state index in [-0.39, 0.29) is 18.1 Å². The molecule has 1 aromatic rings. The van der Waals surface area contributed by atoms with Crippen molar-refractivity contribution >= 4 is 23.2 Å². The number of nitrogens with one attached hydrogen (secondary N) is 3. The lowest BCUT2D eigenvalue weighted by molar-refractivity contribution is -0.121. The highest BCUT2D eigenvalue weighted by atomic mass is 32.1. The number of ether oxygens (including phenoxy) is 1. The molecular weight excluding hydrogens is 305 g/mol. The number of thiocarbonyl (C=S) groups is 1. The molecule has 0 radical (unpaired) electrons. The van der Waals surface area contributed by atoms with Crippen LogP contribution in [0.3, 0.4) is 0 Å². The lowest BCUT2D eigenvalue weighted by Crippen LogP contribution is -2.47. The predicted octanol–water partition coefficient (Wildman–Crippen LogP) is 1.92. The molecule has 3 N–H and O–H groups in total. The largest absolute Gasteiger partial charge is 0.494 e. The highest BCUT2D eigenvalue weighted by Gasteiger charge is 2.08. The SMILES string of the molecule is COc1ccc(CC(=O)NNC(=S)NCCC(C)C)cc1F. The number of amides is 1. The number of methoxy groups -OCH3 is 1. The third-order valence-electron chi connectivity index (χ3n) is 2.90. The quantitative estimate of drug-likeness (QED) is 0.550. The Bertz CT molecular complexity index is 524. The van der Waals surface area contributed by atoms with Gasteiger partial charge in [-0.05, 0) is 42.3 Å². The van der Waals surface area contributed by atoms with Gasteiger partial charge in [-0.2, -0.15) is 0 Å². The van der Waals surface area contributed by atoms with Crippen molar-refractivity contribution in [2.24, 2.45) is 5.92 Å². The summed E-state index contributed by atoms with van der Waals surface area (Å²) in [6, 6.07) is 4.40. The number of carbonyl (C=O) groups is 1. The Morgan fingerprint density at radius 1 is 1.36 bits per heavy atom. The van der Waals surface area contributed by atoms with E-state index in [1.165, 1.54) is 19.2 Å². The summed E-state index contributed by atoms with van der Waals surface area (Å²) in [5.41, 5.74) is 5.64. The summed E-state index contributed by atoms with van der Waals surface area (Å²) in [6.07, 6.45) is 1.03. The molecule has 0 atom stereocenters. The molecular formula is C15H22FN3O2S. The second kappa shape index (κ2) is 9.19. The van der Waals surface area contributed by atoms with E-state index in [4.69, 9.17) is 17.0 Å². The van der Waals surface area contributed by atoms with Crippen molar-refractivity contribution in [3.8, 4) is 5.75 Å². The average Bonchev–Trinajstić information content (AvgIpc) is 2.45. The number of benzene rings is 1. The van der Waals surface area contributed by atoms with Gasteiger partial charge in [0, 0.05) is 6.54 Å². The van der Waals surface area contributed by atoms with Gasteiger partial charge in [-0.3, -0.25) is 15.6 Å². The fraction of sp³-hybridized carbons (Fsp3) is 0.467. The van der Waals surface area contributed by atoms with Gasteiger partial charge in [0.2, 0.25) is 5.91 Å². The molecule has 0 aliphatic heterocycles. The molecule has 0 fully saturated rings. The van der Waals surface area contributed by atoms with Gasteiger partial charge in [-0.15, -0.1) is 0 Å². The minimum Gasteiger partial charge on any atom is -0.494 e. The molecule has 7 heteroatoms. The Morgan fingerprint density at radius 2 is 2.09 bits per heavy atom. The second-order valence-electron chi connectivity index (χ2n) is 5.26. The summed E-state index contributed by atoms with van der Waals surface area (Å²) in [6.45, 7) is 4.98. The van der Waals surface area contributed by atoms with Crippen molar-refractivity contribution in [3.63, 3.8) is 0 Å². The van der Waals surface area contributed by atoms with Gasteiger partial charge in [-0.25, -0.2) is 4.39 Å². The monoisotopic (exact) mass is 327 g/mol. The van der Waals surface area contributed by atoms with Crippen molar-refractivity contribution in [1.82, 2.24) is 16.2 Å². The van der Waals surface area contributed by atoms with E-state index in [1.807, 2.05) is 0 Å². The van der Waals surface area contributed by atoms with Crippen LogP contribution in [0.2, 0.25) is 0 Å². The van der Waals surface area contributed by atoms with Crippen molar-refractivity contribution in [2.75, 3.05) is 13.7 Å². The van der Waals surface area contributed by atoms with Gasteiger partial charge in [-0.1, -0.05) is 19.9 Å². The summed E-state index contributed by atoms with van der Waals surface area (Å²) >= 11 is 5.03. The Balaban J connectivity index is 2.34. The fourth-order valence-electron chi connectivity index (χ4n) is 1.69. The number of hydrazine groups is 1. The Kier molecular flexibility index (Phi) is 7.59. The van der Waals surface area contributed by atoms with Crippen LogP contribution in [0.4, 0.5) is 4.39 Å². The smallest absolute Gasteiger partial charge is 0.242 e. The second-order valence-corrected chi connectivity index (χ2v) is 5.67. The van der Waals surface area contributed by atoms with E-state index < -0.39 is 5.82 Å². The number of halogens is 1. The third-order valence-corrected chi connectivity index (χ3v) is 3.15. The topological polar surface area (TPSA) is 62.4 Å². The van der Waals surface area contributed by atoms with Crippen molar-refractivity contribution < 1.29 is 13.9 Å². The molecule has 22 heavy (non-hydrogen) atoms. The minimum absolute atomic E-state index is 0.0442.